The molecule has 2 rings (SSSR count). The molecule has 6 heteroatoms. The van der Waals surface area contributed by atoms with E-state index in [1.165, 1.54) is 23.5 Å². The molecule has 1 aromatic carbocycles. The Morgan fingerprint density at radius 1 is 1.56 bits per heavy atom. The molecule has 2 aromatic rings. The van der Waals surface area contributed by atoms with Crippen LogP contribution in [0.15, 0.2) is 23.7 Å². The predicted octanol–water partition coefficient (Wildman–Crippen LogP) is 2.99. The lowest BCUT2D eigenvalue weighted by Crippen LogP contribution is -2.29. The van der Waals surface area contributed by atoms with Gasteiger partial charge < -0.3 is 0 Å². The van der Waals surface area contributed by atoms with Crippen LogP contribution < -0.4 is 11.3 Å². The number of hydrazine groups is 1. The molecule has 0 amide bonds. The van der Waals surface area contributed by atoms with E-state index >= 15 is 0 Å². The summed E-state index contributed by atoms with van der Waals surface area (Å²) in [4.78, 5) is 5.26. The number of hydrogen-bond donors (Lipinski definition) is 2. The zero-order chi connectivity index (χ0) is 13.1. The Labute approximate surface area is 114 Å². The third-order valence-corrected chi connectivity index (χ3v) is 4.14. The van der Waals surface area contributed by atoms with Gasteiger partial charge in [-0.25, -0.2) is 9.37 Å². The van der Waals surface area contributed by atoms with Crippen molar-refractivity contribution in [2.75, 3.05) is 0 Å². The second-order valence-electron chi connectivity index (χ2n) is 3.96. The van der Waals surface area contributed by atoms with Crippen molar-refractivity contribution in [3.05, 3.63) is 50.7 Å². The highest BCUT2D eigenvalue weighted by atomic mass is 35.5. The summed E-state index contributed by atoms with van der Waals surface area (Å²) in [6.07, 6.45) is 0.596. The Morgan fingerprint density at radius 2 is 2.33 bits per heavy atom. The van der Waals surface area contributed by atoms with Gasteiger partial charge in [-0.3, -0.25) is 11.3 Å². The highest BCUT2D eigenvalue weighted by Gasteiger charge is 2.16. The molecule has 0 aliphatic heterocycles. The maximum atomic E-state index is 13.0. The Bertz CT molecular complexity index is 544. The molecule has 3 N–H and O–H groups in total. The summed E-state index contributed by atoms with van der Waals surface area (Å²) in [6, 6.07) is 4.32. The van der Waals surface area contributed by atoms with E-state index in [2.05, 4.69) is 10.4 Å². The number of aryl methyl sites for hydroxylation is 1. The number of halogens is 2. The van der Waals surface area contributed by atoms with Gasteiger partial charge in [-0.2, -0.15) is 0 Å². The summed E-state index contributed by atoms with van der Waals surface area (Å²) in [6.45, 7) is 1.93. The normalized spacial score (nSPS) is 12.7. The van der Waals surface area contributed by atoms with Crippen LogP contribution in [0.25, 0.3) is 0 Å². The molecule has 0 aliphatic rings. The Kier molecular flexibility index (Phi) is 4.29. The number of aromatic nitrogens is 1. The molecule has 1 atom stereocenters. The van der Waals surface area contributed by atoms with Gasteiger partial charge in [0.15, 0.2) is 0 Å². The number of nitrogens with two attached hydrogens (primary N) is 1. The van der Waals surface area contributed by atoms with Crippen molar-refractivity contribution >= 4 is 22.9 Å². The lowest BCUT2D eigenvalue weighted by molar-refractivity contribution is 0.556. The Balaban J connectivity index is 2.23. The van der Waals surface area contributed by atoms with Gasteiger partial charge in [0.2, 0.25) is 0 Å². The van der Waals surface area contributed by atoms with Crippen LogP contribution in [0.2, 0.25) is 5.02 Å². The third-order valence-electron chi connectivity index (χ3n) is 2.74. The van der Waals surface area contributed by atoms with Crippen LogP contribution >= 0.6 is 22.9 Å². The molecule has 0 spiro atoms. The van der Waals surface area contributed by atoms with Crippen molar-refractivity contribution in [2.45, 2.75) is 19.4 Å². The number of hydrogen-bond acceptors (Lipinski definition) is 4. The maximum Gasteiger partial charge on any atom is 0.124 e. The Hall–Kier alpha value is -1.01. The minimum atomic E-state index is -0.338. The SMILES string of the molecule is Cc1ncsc1C(Cc1ccc(F)cc1Cl)NN. The lowest BCUT2D eigenvalue weighted by Gasteiger charge is -2.15. The first-order valence-corrected chi connectivity index (χ1v) is 6.67. The summed E-state index contributed by atoms with van der Waals surface area (Å²) in [7, 11) is 0. The van der Waals surface area contributed by atoms with Crippen molar-refractivity contribution < 1.29 is 4.39 Å². The van der Waals surface area contributed by atoms with Crippen molar-refractivity contribution in [3.8, 4) is 0 Å². The standard InChI is InChI=1S/C12H13ClFN3S/c1-7-12(18-6-16-7)11(17-15)4-8-2-3-9(14)5-10(8)13/h2-3,5-6,11,17H,4,15H2,1H3. The van der Waals surface area contributed by atoms with Gasteiger partial charge in [-0.1, -0.05) is 17.7 Å². The fourth-order valence-corrected chi connectivity index (χ4v) is 2.89. The summed E-state index contributed by atoms with van der Waals surface area (Å²) in [5.74, 6) is 5.23. The molecule has 18 heavy (non-hydrogen) atoms. The molecule has 0 radical (unpaired) electrons. The topological polar surface area (TPSA) is 50.9 Å². The van der Waals surface area contributed by atoms with Crippen molar-refractivity contribution in [1.29, 1.82) is 0 Å². The monoisotopic (exact) mass is 285 g/mol. The van der Waals surface area contributed by atoms with Crippen LogP contribution in [0.4, 0.5) is 4.39 Å². The van der Waals surface area contributed by atoms with Crippen LogP contribution in [0.1, 0.15) is 22.2 Å². The average Bonchev–Trinajstić information content (AvgIpc) is 2.75. The second-order valence-corrected chi connectivity index (χ2v) is 5.25. The van der Waals surface area contributed by atoms with E-state index in [4.69, 9.17) is 17.4 Å². The smallest absolute Gasteiger partial charge is 0.124 e. The number of rotatable bonds is 4. The summed E-state index contributed by atoms with van der Waals surface area (Å²) in [5.41, 5.74) is 6.33. The first-order chi connectivity index (χ1) is 8.61. The molecule has 0 aliphatic carbocycles. The highest BCUT2D eigenvalue weighted by molar-refractivity contribution is 7.09. The molecule has 96 valence electrons. The predicted molar refractivity (Wildman–Crippen MR) is 72.0 cm³/mol. The quantitative estimate of drug-likeness (QED) is 0.671. The zero-order valence-electron chi connectivity index (χ0n) is 9.78. The summed E-state index contributed by atoms with van der Waals surface area (Å²) in [5, 5.41) is 0.414. The minimum Gasteiger partial charge on any atom is -0.271 e. The van der Waals surface area contributed by atoms with Gasteiger partial charge in [-0.15, -0.1) is 11.3 Å². The van der Waals surface area contributed by atoms with Gasteiger partial charge in [0.25, 0.3) is 0 Å². The molecule has 0 bridgehead atoms. The fourth-order valence-electron chi connectivity index (χ4n) is 1.78. The van der Waals surface area contributed by atoms with Crippen LogP contribution in [0, 0.1) is 12.7 Å². The first kappa shape index (κ1) is 13.4. The third kappa shape index (κ3) is 2.87. The highest BCUT2D eigenvalue weighted by Crippen LogP contribution is 2.27. The second kappa shape index (κ2) is 5.75. The van der Waals surface area contributed by atoms with E-state index in [-0.39, 0.29) is 11.9 Å². The van der Waals surface area contributed by atoms with Crippen LogP contribution in [0.5, 0.6) is 0 Å². The van der Waals surface area contributed by atoms with E-state index < -0.39 is 0 Å². The van der Waals surface area contributed by atoms with Crippen molar-refractivity contribution in [3.63, 3.8) is 0 Å². The van der Waals surface area contributed by atoms with Crippen molar-refractivity contribution in [1.82, 2.24) is 10.4 Å². The number of thiazole rings is 1. The largest absolute Gasteiger partial charge is 0.271 e. The molecule has 1 unspecified atom stereocenters. The van der Waals surface area contributed by atoms with E-state index in [0.29, 0.717) is 11.4 Å². The zero-order valence-corrected chi connectivity index (χ0v) is 11.4. The molecule has 1 heterocycles. The number of benzene rings is 1. The molecule has 3 nitrogen and oxygen atoms in total. The summed E-state index contributed by atoms with van der Waals surface area (Å²) < 4.78 is 13.0. The lowest BCUT2D eigenvalue weighted by atomic mass is 10.0. The number of nitrogens with one attached hydrogen (secondary N) is 1. The molecule has 0 fully saturated rings. The minimum absolute atomic E-state index is 0.0690. The molecular weight excluding hydrogens is 273 g/mol. The van der Waals surface area contributed by atoms with Gasteiger partial charge in [0.1, 0.15) is 5.82 Å². The number of nitrogens with zero attached hydrogens (tertiary/aromatic N) is 1. The molecule has 1 aromatic heterocycles. The molecule has 0 saturated heterocycles. The van der Waals surface area contributed by atoms with Gasteiger partial charge in [0, 0.05) is 9.90 Å². The fraction of sp³-hybridized carbons (Fsp3) is 0.250. The Morgan fingerprint density at radius 3 is 2.89 bits per heavy atom. The van der Waals surface area contributed by atoms with E-state index in [1.807, 2.05) is 6.92 Å². The van der Waals surface area contributed by atoms with Crippen LogP contribution in [0.3, 0.4) is 0 Å². The molecular formula is C12H13ClFN3S. The van der Waals surface area contributed by atoms with E-state index in [9.17, 15) is 4.39 Å². The van der Waals surface area contributed by atoms with E-state index in [0.717, 1.165) is 16.1 Å². The average molecular weight is 286 g/mol. The molecule has 0 saturated carbocycles. The van der Waals surface area contributed by atoms with Gasteiger partial charge in [-0.05, 0) is 31.0 Å². The van der Waals surface area contributed by atoms with Crippen LogP contribution in [-0.2, 0) is 6.42 Å². The van der Waals surface area contributed by atoms with Gasteiger partial charge >= 0.3 is 0 Å². The van der Waals surface area contributed by atoms with Crippen molar-refractivity contribution in [2.24, 2.45) is 5.84 Å². The van der Waals surface area contributed by atoms with E-state index in [1.54, 1.807) is 11.6 Å². The maximum absolute atomic E-state index is 13.0. The summed E-state index contributed by atoms with van der Waals surface area (Å²) >= 11 is 7.55. The van der Waals surface area contributed by atoms with Gasteiger partial charge in [0.05, 0.1) is 17.2 Å². The first-order valence-electron chi connectivity index (χ1n) is 5.42. The van der Waals surface area contributed by atoms with Crippen LogP contribution in [-0.4, -0.2) is 4.98 Å².